The molecule has 2 fully saturated rings. The minimum Gasteiger partial charge on any atom is -0.462 e. The number of hydrogen-bond acceptors (Lipinski definition) is 4. The van der Waals surface area contributed by atoms with Gasteiger partial charge in [-0.1, -0.05) is 6.92 Å². The van der Waals surface area contributed by atoms with Gasteiger partial charge < -0.3 is 14.8 Å². The van der Waals surface area contributed by atoms with Crippen molar-refractivity contribution in [1.29, 1.82) is 0 Å². The summed E-state index contributed by atoms with van der Waals surface area (Å²) in [5.74, 6) is -0.0910. The smallest absolute Gasteiger partial charge is 0.326 e. The van der Waals surface area contributed by atoms with Crippen LogP contribution in [0.25, 0.3) is 0 Å². The molecule has 0 spiro atoms. The fraction of sp³-hybridized carbons (Fsp3) is 0.923. The van der Waals surface area contributed by atoms with Gasteiger partial charge in [0.05, 0.1) is 6.10 Å². The predicted octanol–water partition coefficient (Wildman–Crippen LogP) is 1.63. The van der Waals surface area contributed by atoms with Crippen LogP contribution >= 0.6 is 0 Å². The standard InChI is InChI=1S/C13H23NO3/c1-2-13(7-5-8-14-13)12(15)17-10-11-6-3-4-9-16-11/h11,14H,2-10H2,1H3. The second-order valence-electron chi connectivity index (χ2n) is 5.05. The van der Waals surface area contributed by atoms with Crippen LogP contribution in [0.1, 0.15) is 45.4 Å². The summed E-state index contributed by atoms with van der Waals surface area (Å²) < 4.78 is 11.0. The van der Waals surface area contributed by atoms with Gasteiger partial charge in [0.2, 0.25) is 0 Å². The fourth-order valence-electron chi connectivity index (χ4n) is 2.67. The maximum Gasteiger partial charge on any atom is 0.326 e. The number of carbonyl (C=O) groups is 1. The Labute approximate surface area is 103 Å². The van der Waals surface area contributed by atoms with E-state index in [4.69, 9.17) is 9.47 Å². The highest BCUT2D eigenvalue weighted by Gasteiger charge is 2.40. The van der Waals surface area contributed by atoms with E-state index in [1.165, 1.54) is 6.42 Å². The first-order valence-corrected chi connectivity index (χ1v) is 6.81. The minimum absolute atomic E-state index is 0.0910. The van der Waals surface area contributed by atoms with Gasteiger partial charge in [0.1, 0.15) is 12.1 Å². The van der Waals surface area contributed by atoms with E-state index < -0.39 is 5.54 Å². The summed E-state index contributed by atoms with van der Waals surface area (Å²) in [5, 5.41) is 3.29. The molecule has 17 heavy (non-hydrogen) atoms. The number of carbonyl (C=O) groups excluding carboxylic acids is 1. The summed E-state index contributed by atoms with van der Waals surface area (Å²) in [5.41, 5.74) is -0.422. The highest BCUT2D eigenvalue weighted by Crippen LogP contribution is 2.25. The van der Waals surface area contributed by atoms with E-state index in [9.17, 15) is 4.79 Å². The van der Waals surface area contributed by atoms with Crippen LogP contribution in [0.3, 0.4) is 0 Å². The number of esters is 1. The van der Waals surface area contributed by atoms with Crippen molar-refractivity contribution in [3.63, 3.8) is 0 Å². The third-order valence-electron chi connectivity index (χ3n) is 3.91. The van der Waals surface area contributed by atoms with Crippen LogP contribution in [0, 0.1) is 0 Å². The van der Waals surface area contributed by atoms with Gasteiger partial charge in [-0.15, -0.1) is 0 Å². The van der Waals surface area contributed by atoms with Gasteiger partial charge >= 0.3 is 5.97 Å². The molecule has 2 saturated heterocycles. The molecule has 2 heterocycles. The average Bonchev–Trinajstić information content (AvgIpc) is 2.87. The molecule has 0 amide bonds. The highest BCUT2D eigenvalue weighted by molar-refractivity contribution is 5.81. The van der Waals surface area contributed by atoms with E-state index in [1.807, 2.05) is 6.92 Å². The second-order valence-corrected chi connectivity index (χ2v) is 5.05. The molecule has 4 nitrogen and oxygen atoms in total. The summed E-state index contributed by atoms with van der Waals surface area (Å²) in [7, 11) is 0. The molecule has 2 aliphatic rings. The lowest BCUT2D eigenvalue weighted by molar-refractivity contribution is -0.156. The van der Waals surface area contributed by atoms with Gasteiger partial charge in [-0.2, -0.15) is 0 Å². The molecule has 0 radical (unpaired) electrons. The minimum atomic E-state index is -0.422. The Balaban J connectivity index is 1.79. The van der Waals surface area contributed by atoms with Gasteiger partial charge in [-0.05, 0) is 45.1 Å². The number of nitrogens with one attached hydrogen (secondary N) is 1. The van der Waals surface area contributed by atoms with Gasteiger partial charge in [0.25, 0.3) is 0 Å². The molecule has 98 valence electrons. The second kappa shape index (κ2) is 5.83. The SMILES string of the molecule is CCC1(C(=O)OCC2CCCCO2)CCCN1. The van der Waals surface area contributed by atoms with Gasteiger partial charge in [0, 0.05) is 6.61 Å². The monoisotopic (exact) mass is 241 g/mol. The van der Waals surface area contributed by atoms with Gasteiger partial charge in [-0.25, -0.2) is 0 Å². The van der Waals surface area contributed by atoms with Crippen LogP contribution in [0.2, 0.25) is 0 Å². The quantitative estimate of drug-likeness (QED) is 0.760. The Bertz CT molecular complexity index is 255. The molecule has 0 aromatic rings. The molecule has 2 aliphatic heterocycles. The third-order valence-corrected chi connectivity index (χ3v) is 3.91. The zero-order valence-corrected chi connectivity index (χ0v) is 10.7. The van der Waals surface area contributed by atoms with E-state index in [0.29, 0.717) is 6.61 Å². The first kappa shape index (κ1) is 12.8. The lowest BCUT2D eigenvalue weighted by Crippen LogP contribution is -2.48. The number of rotatable bonds is 4. The largest absolute Gasteiger partial charge is 0.462 e. The van der Waals surface area contributed by atoms with E-state index >= 15 is 0 Å². The normalized spacial score (nSPS) is 33.6. The molecule has 4 heteroatoms. The average molecular weight is 241 g/mol. The van der Waals surface area contributed by atoms with Crippen LogP contribution < -0.4 is 5.32 Å². The molecule has 0 bridgehead atoms. The van der Waals surface area contributed by atoms with Crippen LogP contribution in [0.15, 0.2) is 0 Å². The van der Waals surface area contributed by atoms with E-state index in [-0.39, 0.29) is 12.1 Å². The van der Waals surface area contributed by atoms with Crippen molar-refractivity contribution < 1.29 is 14.3 Å². The zero-order chi connectivity index (χ0) is 12.1. The lowest BCUT2D eigenvalue weighted by atomic mass is 9.94. The third kappa shape index (κ3) is 2.99. The molecular weight excluding hydrogens is 218 g/mol. The Hall–Kier alpha value is -0.610. The van der Waals surface area contributed by atoms with Crippen LogP contribution in [-0.4, -0.2) is 37.4 Å². The molecule has 2 atom stereocenters. The van der Waals surface area contributed by atoms with Gasteiger partial charge in [-0.3, -0.25) is 4.79 Å². The summed E-state index contributed by atoms with van der Waals surface area (Å²) in [4.78, 5) is 12.1. The van der Waals surface area contributed by atoms with E-state index in [0.717, 1.165) is 45.3 Å². The maximum atomic E-state index is 12.1. The van der Waals surface area contributed by atoms with Crippen molar-refractivity contribution in [2.24, 2.45) is 0 Å². The maximum absolute atomic E-state index is 12.1. The topological polar surface area (TPSA) is 47.6 Å². The van der Waals surface area contributed by atoms with E-state index in [2.05, 4.69) is 5.32 Å². The molecule has 0 aromatic carbocycles. The van der Waals surface area contributed by atoms with Crippen LogP contribution in [0.5, 0.6) is 0 Å². The Morgan fingerprint density at radius 2 is 2.35 bits per heavy atom. The van der Waals surface area contributed by atoms with Crippen molar-refractivity contribution >= 4 is 5.97 Å². The molecule has 1 N–H and O–H groups in total. The summed E-state index contributed by atoms with van der Waals surface area (Å²) in [6, 6.07) is 0. The lowest BCUT2D eigenvalue weighted by Gasteiger charge is -2.28. The molecule has 0 saturated carbocycles. The van der Waals surface area contributed by atoms with Crippen molar-refractivity contribution in [3.05, 3.63) is 0 Å². The molecular formula is C13H23NO3. The van der Waals surface area contributed by atoms with Crippen LogP contribution in [-0.2, 0) is 14.3 Å². The molecule has 2 unspecified atom stereocenters. The van der Waals surface area contributed by atoms with Crippen molar-refractivity contribution in [1.82, 2.24) is 5.32 Å². The first-order valence-electron chi connectivity index (χ1n) is 6.81. The van der Waals surface area contributed by atoms with Gasteiger partial charge in [0.15, 0.2) is 0 Å². The number of ether oxygens (including phenoxy) is 2. The van der Waals surface area contributed by atoms with Crippen LogP contribution in [0.4, 0.5) is 0 Å². The van der Waals surface area contributed by atoms with Crippen molar-refractivity contribution in [2.45, 2.75) is 57.1 Å². The van der Waals surface area contributed by atoms with Crippen molar-refractivity contribution in [3.8, 4) is 0 Å². The number of hydrogen-bond donors (Lipinski definition) is 1. The zero-order valence-electron chi connectivity index (χ0n) is 10.7. The van der Waals surface area contributed by atoms with E-state index in [1.54, 1.807) is 0 Å². The summed E-state index contributed by atoms with van der Waals surface area (Å²) in [6.07, 6.45) is 6.20. The summed E-state index contributed by atoms with van der Waals surface area (Å²) in [6.45, 7) is 4.18. The van der Waals surface area contributed by atoms with Crippen molar-refractivity contribution in [2.75, 3.05) is 19.8 Å². The predicted molar refractivity (Wildman–Crippen MR) is 64.8 cm³/mol. The molecule has 0 aromatic heterocycles. The first-order chi connectivity index (χ1) is 8.27. The Kier molecular flexibility index (Phi) is 4.40. The summed E-state index contributed by atoms with van der Waals surface area (Å²) >= 11 is 0. The molecule has 2 rings (SSSR count). The Morgan fingerprint density at radius 3 is 2.94 bits per heavy atom. The molecule has 0 aliphatic carbocycles. The Morgan fingerprint density at radius 1 is 1.47 bits per heavy atom. The fourth-order valence-corrected chi connectivity index (χ4v) is 2.67. The highest BCUT2D eigenvalue weighted by atomic mass is 16.6.